The third-order valence-electron chi connectivity index (χ3n) is 3.85. The number of aromatic nitrogens is 2. The molecule has 1 amide bonds. The lowest BCUT2D eigenvalue weighted by Crippen LogP contribution is -2.41. The Morgan fingerprint density at radius 2 is 1.96 bits per heavy atom. The number of benzene rings is 1. The molecule has 0 bridgehead atoms. The number of carbonyl (C=O) groups excluding carboxylic acids is 1. The van der Waals surface area contributed by atoms with Crippen LogP contribution in [0.3, 0.4) is 0 Å². The molecule has 9 heteroatoms. The molecule has 1 aromatic carbocycles. The number of amides is 1. The van der Waals surface area contributed by atoms with E-state index in [0.717, 1.165) is 0 Å². The molecule has 0 saturated carbocycles. The van der Waals surface area contributed by atoms with Gasteiger partial charge in [-0.15, -0.1) is 0 Å². The maximum atomic E-state index is 13.0. The molecule has 1 unspecified atom stereocenters. The largest absolute Gasteiger partial charge is 0.389 e. The number of nitrogens with one attached hydrogen (secondary N) is 1. The van der Waals surface area contributed by atoms with Crippen LogP contribution < -0.4 is 10.9 Å². The van der Waals surface area contributed by atoms with Crippen molar-refractivity contribution in [1.82, 2.24) is 14.5 Å². The van der Waals surface area contributed by atoms with E-state index in [9.17, 15) is 14.7 Å². The number of allylic oxidation sites excluding steroid dienone is 2. The van der Waals surface area contributed by atoms with Crippen molar-refractivity contribution in [3.05, 3.63) is 73.2 Å². The normalized spacial score (nSPS) is 17.5. The third-order valence-corrected chi connectivity index (χ3v) is 6.46. The highest BCUT2D eigenvalue weighted by atomic mass is 35.5. The van der Waals surface area contributed by atoms with Crippen molar-refractivity contribution in [2.45, 2.75) is 19.4 Å². The van der Waals surface area contributed by atoms with Crippen molar-refractivity contribution >= 4 is 40.2 Å². The molecule has 0 saturated heterocycles. The van der Waals surface area contributed by atoms with Gasteiger partial charge in [0.2, 0.25) is 0 Å². The van der Waals surface area contributed by atoms with Gasteiger partial charge in [0.25, 0.3) is 11.5 Å². The van der Waals surface area contributed by atoms with Gasteiger partial charge in [-0.05, 0) is 43.5 Å². The molecule has 1 aromatic heterocycles. The van der Waals surface area contributed by atoms with Gasteiger partial charge in [0, 0.05) is 17.1 Å². The number of nitrogens with zero attached hydrogens (tertiary/aromatic N) is 2. The maximum Gasteiger partial charge on any atom is 0.289 e. The second kappa shape index (κ2) is 8.13. The first-order valence-electron chi connectivity index (χ1n) is 8.40. The summed E-state index contributed by atoms with van der Waals surface area (Å²) >= 11 is 10.9. The smallest absolute Gasteiger partial charge is 0.289 e. The molecular formula is C19H19Cl2N3O3S. The van der Waals surface area contributed by atoms with Gasteiger partial charge in [0.1, 0.15) is 5.56 Å². The average Bonchev–Trinajstić information content (AvgIpc) is 3.06. The Bertz CT molecular complexity index is 1020. The van der Waals surface area contributed by atoms with Gasteiger partial charge < -0.3 is 10.4 Å². The zero-order chi connectivity index (χ0) is 20.5. The minimum Gasteiger partial charge on any atom is -0.389 e. The summed E-state index contributed by atoms with van der Waals surface area (Å²) in [5.41, 5.74) is -0.582. The summed E-state index contributed by atoms with van der Waals surface area (Å²) in [6.07, 6.45) is 3.45. The molecule has 0 fully saturated rings. The average molecular weight is 440 g/mol. The van der Waals surface area contributed by atoms with Crippen molar-refractivity contribution in [2.75, 3.05) is 6.54 Å². The van der Waals surface area contributed by atoms with E-state index in [-0.39, 0.29) is 12.1 Å². The van der Waals surface area contributed by atoms with Gasteiger partial charge in [-0.1, -0.05) is 52.5 Å². The summed E-state index contributed by atoms with van der Waals surface area (Å²) < 4.78 is 1.74. The molecule has 0 spiro atoms. The van der Waals surface area contributed by atoms with Crippen LogP contribution in [0.25, 0.3) is 11.3 Å². The van der Waals surface area contributed by atoms with Crippen LogP contribution in [0.5, 0.6) is 0 Å². The number of halogens is 2. The second-order valence-electron chi connectivity index (χ2n) is 6.82. The zero-order valence-corrected chi connectivity index (χ0v) is 17.6. The molecule has 148 valence electrons. The van der Waals surface area contributed by atoms with Crippen LogP contribution >= 0.6 is 34.3 Å². The molecule has 2 aromatic rings. The van der Waals surface area contributed by atoms with E-state index < -0.39 is 28.1 Å². The lowest BCUT2D eigenvalue weighted by molar-refractivity contribution is 0.0693. The van der Waals surface area contributed by atoms with Crippen molar-refractivity contribution in [3.63, 3.8) is 0 Å². The first-order valence-corrected chi connectivity index (χ1v) is 10.5. The van der Waals surface area contributed by atoms with Crippen molar-refractivity contribution < 1.29 is 9.90 Å². The molecule has 1 atom stereocenters. The van der Waals surface area contributed by atoms with Gasteiger partial charge in [0.15, 0.2) is 0 Å². The Morgan fingerprint density at radius 3 is 2.54 bits per heavy atom. The van der Waals surface area contributed by atoms with Crippen LogP contribution in [0.4, 0.5) is 0 Å². The Hall–Kier alpha value is -2.06. The first-order chi connectivity index (χ1) is 13.2. The number of hydrogen-bond acceptors (Lipinski definition) is 4. The minimum atomic E-state index is -1.32. The van der Waals surface area contributed by atoms with Crippen molar-refractivity contribution in [1.29, 1.82) is 0 Å². The summed E-state index contributed by atoms with van der Waals surface area (Å²) in [6, 6.07) is 8.36. The number of rotatable bonds is 5. The lowest BCUT2D eigenvalue weighted by atomic mass is 10.1. The summed E-state index contributed by atoms with van der Waals surface area (Å²) in [5.74, 6) is -0.586. The predicted molar refractivity (Wildman–Crippen MR) is 115 cm³/mol. The highest BCUT2D eigenvalue weighted by molar-refractivity contribution is 8.22. The van der Waals surface area contributed by atoms with Crippen LogP contribution in [-0.4, -0.2) is 32.3 Å². The Labute approximate surface area is 175 Å². The summed E-state index contributed by atoms with van der Waals surface area (Å²) in [7, 11) is 0. The fourth-order valence-corrected chi connectivity index (χ4v) is 4.47. The number of thiol groups is 1. The van der Waals surface area contributed by atoms with E-state index in [1.807, 2.05) is 0 Å². The fourth-order valence-electron chi connectivity index (χ4n) is 2.45. The molecule has 1 aliphatic rings. The summed E-state index contributed by atoms with van der Waals surface area (Å²) in [6.45, 7) is 3.13. The van der Waals surface area contributed by atoms with Crippen molar-refractivity contribution in [2.24, 2.45) is 0 Å². The van der Waals surface area contributed by atoms with E-state index >= 15 is 0 Å². The monoisotopic (exact) mass is 439 g/mol. The van der Waals surface area contributed by atoms with Gasteiger partial charge in [0.05, 0.1) is 15.7 Å². The van der Waals surface area contributed by atoms with E-state index in [1.54, 1.807) is 55.7 Å². The molecule has 28 heavy (non-hydrogen) atoms. The third kappa shape index (κ3) is 4.67. The lowest BCUT2D eigenvalue weighted by Gasteiger charge is -2.20. The SMILES string of the molecule is CC(C)(O)CNC(=O)c1cc(-c2ccc(Cl)cc2)nn([SH]2C=CC=C2Cl)c1=O. The van der Waals surface area contributed by atoms with E-state index in [2.05, 4.69) is 10.4 Å². The zero-order valence-electron chi connectivity index (χ0n) is 15.2. The quantitative estimate of drug-likeness (QED) is 0.622. The molecule has 3 rings (SSSR count). The number of carbonyl (C=O) groups is 1. The van der Waals surface area contributed by atoms with Crippen LogP contribution in [0.1, 0.15) is 24.2 Å². The fraction of sp³-hybridized carbons (Fsp3) is 0.211. The van der Waals surface area contributed by atoms with Gasteiger partial charge in [-0.2, -0.15) is 9.19 Å². The van der Waals surface area contributed by atoms with Gasteiger partial charge >= 0.3 is 0 Å². The standard InChI is InChI=1S/C19H19Cl2N3O3S/c1-19(2,27)11-22-17(25)14-10-15(12-5-7-13(20)8-6-12)23-24(18(14)26)28-9-3-4-16(28)21/h3-10,27-28H,11H2,1-2H3,(H,22,25). The highest BCUT2D eigenvalue weighted by Gasteiger charge is 2.22. The first kappa shape index (κ1) is 20.7. The number of aliphatic hydroxyl groups is 1. The van der Waals surface area contributed by atoms with Crippen LogP contribution in [0.15, 0.2) is 57.1 Å². The molecular weight excluding hydrogens is 421 g/mol. The molecule has 2 heterocycles. The van der Waals surface area contributed by atoms with Crippen LogP contribution in [0.2, 0.25) is 5.02 Å². The van der Waals surface area contributed by atoms with E-state index in [1.165, 1.54) is 10.2 Å². The summed E-state index contributed by atoms with van der Waals surface area (Å²) in [4.78, 5) is 25.6. The Kier molecular flexibility index (Phi) is 6.00. The van der Waals surface area contributed by atoms with Crippen LogP contribution in [0, 0.1) is 0 Å². The highest BCUT2D eigenvalue weighted by Crippen LogP contribution is 2.43. The molecule has 0 radical (unpaired) electrons. The minimum absolute atomic E-state index is 0.000796. The van der Waals surface area contributed by atoms with Gasteiger partial charge in [-0.3, -0.25) is 9.59 Å². The second-order valence-corrected chi connectivity index (χ2v) is 9.77. The molecule has 1 aliphatic heterocycles. The Morgan fingerprint density at radius 1 is 1.29 bits per heavy atom. The molecule has 0 aliphatic carbocycles. The molecule has 2 N–H and O–H groups in total. The topological polar surface area (TPSA) is 84.2 Å². The van der Waals surface area contributed by atoms with Crippen molar-refractivity contribution in [3.8, 4) is 11.3 Å². The number of hydrogen-bond donors (Lipinski definition) is 3. The Balaban J connectivity index is 2.10. The summed E-state index contributed by atoms with van der Waals surface area (Å²) in [5, 5.41) is 19.2. The van der Waals surface area contributed by atoms with Gasteiger partial charge in [-0.25, -0.2) is 0 Å². The van der Waals surface area contributed by atoms with E-state index in [0.29, 0.717) is 20.6 Å². The van der Waals surface area contributed by atoms with Crippen LogP contribution in [-0.2, 0) is 0 Å². The molecule has 6 nitrogen and oxygen atoms in total. The van der Waals surface area contributed by atoms with E-state index in [4.69, 9.17) is 23.2 Å². The predicted octanol–water partition coefficient (Wildman–Crippen LogP) is 3.44. The maximum absolute atomic E-state index is 13.0.